The SMILES string of the molecule is NC(=O)C(OC(=O)CCC(=O)N1CCC(c2ccccc2)=N1)c1ccccc1. The van der Waals surface area contributed by atoms with Gasteiger partial charge in [-0.15, -0.1) is 0 Å². The Balaban J connectivity index is 1.54. The van der Waals surface area contributed by atoms with Crippen molar-refractivity contribution in [1.82, 2.24) is 5.01 Å². The van der Waals surface area contributed by atoms with Crippen LogP contribution in [0.3, 0.4) is 0 Å². The molecule has 7 nitrogen and oxygen atoms in total. The van der Waals surface area contributed by atoms with E-state index < -0.39 is 18.0 Å². The van der Waals surface area contributed by atoms with Crippen LogP contribution >= 0.6 is 0 Å². The number of hydrogen-bond donors (Lipinski definition) is 1. The van der Waals surface area contributed by atoms with Gasteiger partial charge in [-0.05, 0) is 5.56 Å². The summed E-state index contributed by atoms with van der Waals surface area (Å²) in [5.74, 6) is -1.69. The zero-order valence-corrected chi connectivity index (χ0v) is 15.3. The number of amides is 2. The van der Waals surface area contributed by atoms with Crippen molar-refractivity contribution in [1.29, 1.82) is 0 Å². The van der Waals surface area contributed by atoms with Crippen LogP contribution < -0.4 is 5.73 Å². The van der Waals surface area contributed by atoms with E-state index in [2.05, 4.69) is 5.10 Å². The number of carbonyl (C=O) groups excluding carboxylic acids is 3. The van der Waals surface area contributed by atoms with E-state index in [1.54, 1.807) is 30.3 Å². The Labute approximate surface area is 162 Å². The molecule has 2 amide bonds. The zero-order valence-electron chi connectivity index (χ0n) is 15.3. The molecule has 2 N–H and O–H groups in total. The summed E-state index contributed by atoms with van der Waals surface area (Å²) in [6.45, 7) is 0.478. The number of ether oxygens (including phenoxy) is 1. The fourth-order valence-electron chi connectivity index (χ4n) is 2.92. The van der Waals surface area contributed by atoms with Gasteiger partial charge in [0.1, 0.15) is 0 Å². The van der Waals surface area contributed by atoms with Gasteiger partial charge in [0, 0.05) is 18.4 Å². The quantitative estimate of drug-likeness (QED) is 0.745. The molecular weight excluding hydrogens is 358 g/mol. The van der Waals surface area contributed by atoms with E-state index in [9.17, 15) is 14.4 Å². The minimum Gasteiger partial charge on any atom is -0.447 e. The van der Waals surface area contributed by atoms with E-state index in [0.717, 1.165) is 11.3 Å². The third-order valence-electron chi connectivity index (χ3n) is 4.35. The van der Waals surface area contributed by atoms with Gasteiger partial charge in [0.05, 0.1) is 18.7 Å². The largest absolute Gasteiger partial charge is 0.447 e. The summed E-state index contributed by atoms with van der Waals surface area (Å²) in [7, 11) is 0. The summed E-state index contributed by atoms with van der Waals surface area (Å²) < 4.78 is 5.18. The number of hydrogen-bond acceptors (Lipinski definition) is 5. The molecule has 0 aliphatic carbocycles. The molecule has 0 spiro atoms. The van der Waals surface area contributed by atoms with Crippen molar-refractivity contribution in [3.63, 3.8) is 0 Å². The molecule has 1 aliphatic rings. The van der Waals surface area contributed by atoms with Gasteiger partial charge in [0.15, 0.2) is 0 Å². The van der Waals surface area contributed by atoms with Crippen LogP contribution in [0.4, 0.5) is 0 Å². The fourth-order valence-corrected chi connectivity index (χ4v) is 2.92. The van der Waals surface area contributed by atoms with Crippen LogP contribution in [0.15, 0.2) is 65.8 Å². The summed E-state index contributed by atoms with van der Waals surface area (Å²) in [6.07, 6.45) is -0.705. The predicted octanol–water partition coefficient (Wildman–Crippen LogP) is 2.17. The number of carbonyl (C=O) groups is 3. The van der Waals surface area contributed by atoms with Gasteiger partial charge in [-0.3, -0.25) is 14.4 Å². The zero-order chi connectivity index (χ0) is 19.9. The molecule has 0 saturated heterocycles. The maximum atomic E-state index is 12.3. The summed E-state index contributed by atoms with van der Waals surface area (Å²) >= 11 is 0. The number of hydrazone groups is 1. The third-order valence-corrected chi connectivity index (χ3v) is 4.35. The van der Waals surface area contributed by atoms with Gasteiger partial charge in [0.2, 0.25) is 12.0 Å². The van der Waals surface area contributed by atoms with Crippen LogP contribution in [-0.4, -0.2) is 35.0 Å². The molecule has 0 saturated carbocycles. The average molecular weight is 379 g/mol. The molecule has 0 radical (unpaired) electrons. The lowest BCUT2D eigenvalue weighted by molar-refractivity contribution is -0.156. The molecule has 2 aromatic rings. The van der Waals surface area contributed by atoms with E-state index >= 15 is 0 Å². The van der Waals surface area contributed by atoms with Crippen molar-refractivity contribution in [3.05, 3.63) is 71.8 Å². The maximum absolute atomic E-state index is 12.3. The van der Waals surface area contributed by atoms with Crippen LogP contribution in [0, 0.1) is 0 Å². The molecule has 1 atom stereocenters. The molecule has 3 rings (SSSR count). The molecule has 0 fully saturated rings. The Kier molecular flexibility index (Phi) is 6.16. The van der Waals surface area contributed by atoms with Gasteiger partial charge in [-0.2, -0.15) is 5.10 Å². The molecule has 7 heteroatoms. The highest BCUT2D eigenvalue weighted by Crippen LogP contribution is 2.19. The molecule has 28 heavy (non-hydrogen) atoms. The van der Waals surface area contributed by atoms with Crippen molar-refractivity contribution in [3.8, 4) is 0 Å². The van der Waals surface area contributed by atoms with Gasteiger partial charge >= 0.3 is 5.97 Å². The Morgan fingerprint density at radius 1 is 1.00 bits per heavy atom. The van der Waals surface area contributed by atoms with Crippen molar-refractivity contribution < 1.29 is 19.1 Å². The average Bonchev–Trinajstić information content (AvgIpc) is 3.22. The smallest absolute Gasteiger partial charge is 0.307 e. The van der Waals surface area contributed by atoms with Crippen molar-refractivity contribution in [2.45, 2.75) is 25.4 Å². The molecule has 1 unspecified atom stereocenters. The second-order valence-electron chi connectivity index (χ2n) is 6.36. The van der Waals surface area contributed by atoms with E-state index in [4.69, 9.17) is 10.5 Å². The van der Waals surface area contributed by atoms with E-state index in [1.807, 2.05) is 30.3 Å². The first-order valence-electron chi connectivity index (χ1n) is 9.01. The molecule has 0 aromatic heterocycles. The summed E-state index contributed by atoms with van der Waals surface area (Å²) in [6, 6.07) is 18.2. The minimum atomic E-state index is -1.17. The predicted molar refractivity (Wildman–Crippen MR) is 103 cm³/mol. The molecule has 0 bridgehead atoms. The number of primary amides is 1. The van der Waals surface area contributed by atoms with E-state index in [0.29, 0.717) is 18.5 Å². The van der Waals surface area contributed by atoms with Crippen molar-refractivity contribution in [2.75, 3.05) is 6.54 Å². The standard InChI is InChI=1S/C21H21N3O4/c22-21(27)20(16-9-5-2-6-10-16)28-19(26)12-11-18(25)24-14-13-17(23-24)15-7-3-1-4-8-15/h1-10,20H,11-14H2,(H2,22,27). The lowest BCUT2D eigenvalue weighted by Crippen LogP contribution is -2.27. The van der Waals surface area contributed by atoms with Crippen LogP contribution in [0.5, 0.6) is 0 Å². The van der Waals surface area contributed by atoms with E-state index in [-0.39, 0.29) is 18.7 Å². The van der Waals surface area contributed by atoms with Gasteiger partial charge in [-0.1, -0.05) is 60.7 Å². The van der Waals surface area contributed by atoms with Crippen LogP contribution in [0.1, 0.15) is 36.5 Å². The first-order chi connectivity index (χ1) is 13.5. The molecule has 144 valence electrons. The van der Waals surface area contributed by atoms with Gasteiger partial charge < -0.3 is 10.5 Å². The Morgan fingerprint density at radius 3 is 2.29 bits per heavy atom. The minimum absolute atomic E-state index is 0.0509. The molecular formula is C21H21N3O4. The molecule has 1 heterocycles. The maximum Gasteiger partial charge on any atom is 0.307 e. The van der Waals surface area contributed by atoms with Crippen LogP contribution in [0.25, 0.3) is 0 Å². The normalized spacial score (nSPS) is 14.3. The van der Waals surface area contributed by atoms with Crippen molar-refractivity contribution >= 4 is 23.5 Å². The summed E-state index contributed by atoms with van der Waals surface area (Å²) in [5, 5.41) is 5.72. The Morgan fingerprint density at radius 2 is 1.64 bits per heavy atom. The number of nitrogens with zero attached hydrogens (tertiary/aromatic N) is 2. The fraction of sp³-hybridized carbons (Fsp3) is 0.238. The number of nitrogens with two attached hydrogens (primary N) is 1. The topological polar surface area (TPSA) is 102 Å². The summed E-state index contributed by atoms with van der Waals surface area (Å²) in [5.41, 5.74) is 7.64. The first-order valence-corrected chi connectivity index (χ1v) is 9.01. The second kappa shape index (κ2) is 8.94. The number of benzene rings is 2. The summed E-state index contributed by atoms with van der Waals surface area (Å²) in [4.78, 5) is 36.0. The van der Waals surface area contributed by atoms with Crippen LogP contribution in [-0.2, 0) is 19.1 Å². The molecule has 2 aromatic carbocycles. The van der Waals surface area contributed by atoms with E-state index in [1.165, 1.54) is 5.01 Å². The van der Waals surface area contributed by atoms with Gasteiger partial charge in [0.25, 0.3) is 5.91 Å². The molecule has 1 aliphatic heterocycles. The van der Waals surface area contributed by atoms with Crippen molar-refractivity contribution in [2.24, 2.45) is 10.8 Å². The van der Waals surface area contributed by atoms with Crippen LogP contribution in [0.2, 0.25) is 0 Å². The highest BCUT2D eigenvalue weighted by Gasteiger charge is 2.25. The third kappa shape index (κ3) is 4.82. The second-order valence-corrected chi connectivity index (χ2v) is 6.36. The lowest BCUT2D eigenvalue weighted by Gasteiger charge is -2.15. The Hall–Kier alpha value is -3.48. The van der Waals surface area contributed by atoms with Gasteiger partial charge in [-0.25, -0.2) is 5.01 Å². The Bertz CT molecular complexity index is 881. The first kappa shape index (κ1) is 19.3. The highest BCUT2D eigenvalue weighted by atomic mass is 16.5. The number of esters is 1. The highest BCUT2D eigenvalue weighted by molar-refractivity contribution is 6.02. The monoisotopic (exact) mass is 379 g/mol. The lowest BCUT2D eigenvalue weighted by atomic mass is 10.1. The number of rotatable bonds is 7.